The molecule has 0 saturated carbocycles. The van der Waals surface area contributed by atoms with Gasteiger partial charge in [-0.15, -0.1) is 0 Å². The molecule has 7 heteroatoms. The van der Waals surface area contributed by atoms with Crippen molar-refractivity contribution >= 4 is 16.9 Å². The molecule has 4 aromatic rings. The molecule has 1 aliphatic heterocycles. The number of ether oxygens (including phenoxy) is 4. The second-order valence-corrected chi connectivity index (χ2v) is 8.69. The fourth-order valence-corrected chi connectivity index (χ4v) is 4.52. The molecular formula is C30H28O7. The van der Waals surface area contributed by atoms with E-state index in [1.54, 1.807) is 32.0 Å². The monoisotopic (exact) mass is 500 g/mol. The van der Waals surface area contributed by atoms with Crippen molar-refractivity contribution in [1.82, 2.24) is 0 Å². The molecule has 0 saturated heterocycles. The van der Waals surface area contributed by atoms with E-state index in [-0.39, 0.29) is 12.0 Å². The van der Waals surface area contributed by atoms with Crippen LogP contribution in [-0.2, 0) is 16.0 Å². The van der Waals surface area contributed by atoms with Crippen LogP contribution in [0.1, 0.15) is 36.8 Å². The zero-order valence-electron chi connectivity index (χ0n) is 21.0. The molecule has 190 valence electrons. The Kier molecular flexibility index (Phi) is 6.86. The van der Waals surface area contributed by atoms with Crippen LogP contribution in [0, 0.1) is 6.92 Å². The number of esters is 1. The summed E-state index contributed by atoms with van der Waals surface area (Å²) >= 11 is 0. The summed E-state index contributed by atoms with van der Waals surface area (Å²) in [7, 11) is 0. The number of aryl methyl sites for hydroxylation is 2. The van der Waals surface area contributed by atoms with Gasteiger partial charge in [0.15, 0.2) is 11.5 Å². The van der Waals surface area contributed by atoms with Gasteiger partial charge in [0.25, 0.3) is 0 Å². The van der Waals surface area contributed by atoms with E-state index < -0.39 is 12.1 Å². The van der Waals surface area contributed by atoms with Gasteiger partial charge in [-0.2, -0.15) is 0 Å². The first-order valence-corrected chi connectivity index (χ1v) is 12.4. The molecule has 0 N–H and O–H groups in total. The third-order valence-electron chi connectivity index (χ3n) is 6.31. The molecule has 0 amide bonds. The lowest BCUT2D eigenvalue weighted by atomic mass is 10.00. The first-order valence-electron chi connectivity index (χ1n) is 12.4. The molecular weight excluding hydrogens is 472 g/mol. The topological polar surface area (TPSA) is 84.2 Å². The molecule has 0 radical (unpaired) electrons. The molecule has 0 aliphatic carbocycles. The fourth-order valence-electron chi connectivity index (χ4n) is 4.52. The second kappa shape index (κ2) is 10.4. The van der Waals surface area contributed by atoms with Crippen molar-refractivity contribution in [2.45, 2.75) is 33.3 Å². The molecule has 0 fully saturated rings. The number of rotatable bonds is 7. The highest BCUT2D eigenvalue weighted by molar-refractivity contribution is 5.85. The van der Waals surface area contributed by atoms with Crippen molar-refractivity contribution in [3.63, 3.8) is 0 Å². The molecule has 1 atom stereocenters. The van der Waals surface area contributed by atoms with E-state index in [1.165, 1.54) is 0 Å². The molecule has 3 aromatic carbocycles. The Labute approximate surface area is 214 Å². The zero-order valence-corrected chi connectivity index (χ0v) is 21.0. The summed E-state index contributed by atoms with van der Waals surface area (Å²) in [4.78, 5) is 26.5. The highest BCUT2D eigenvalue weighted by atomic mass is 16.6. The summed E-state index contributed by atoms with van der Waals surface area (Å²) in [5.74, 6) is 1.71. The smallest absolute Gasteiger partial charge is 0.352 e. The summed E-state index contributed by atoms with van der Waals surface area (Å²) in [5.41, 5.74) is 2.85. The lowest BCUT2D eigenvalue weighted by Gasteiger charge is -2.20. The highest BCUT2D eigenvalue weighted by Crippen LogP contribution is 2.36. The number of carbonyl (C=O) groups is 1. The van der Waals surface area contributed by atoms with Crippen molar-refractivity contribution in [2.24, 2.45) is 0 Å². The maximum Gasteiger partial charge on any atom is 0.352 e. The molecule has 7 nitrogen and oxygen atoms in total. The van der Waals surface area contributed by atoms with Gasteiger partial charge in [0.1, 0.15) is 30.3 Å². The number of hydrogen-bond acceptors (Lipinski definition) is 7. The Bertz CT molecular complexity index is 1500. The largest absolute Gasteiger partial charge is 0.486 e. The van der Waals surface area contributed by atoms with Crippen LogP contribution in [0.4, 0.5) is 0 Å². The third kappa shape index (κ3) is 4.77. The van der Waals surface area contributed by atoms with E-state index in [9.17, 15) is 9.59 Å². The van der Waals surface area contributed by atoms with Gasteiger partial charge >= 0.3 is 5.97 Å². The van der Waals surface area contributed by atoms with Crippen LogP contribution in [0.3, 0.4) is 0 Å². The van der Waals surface area contributed by atoms with Gasteiger partial charge in [0, 0.05) is 11.6 Å². The quantitative estimate of drug-likeness (QED) is 0.297. The van der Waals surface area contributed by atoms with Crippen LogP contribution in [0.5, 0.6) is 17.2 Å². The van der Waals surface area contributed by atoms with E-state index in [0.29, 0.717) is 70.3 Å². The average molecular weight is 501 g/mol. The minimum atomic E-state index is -0.950. The standard InChI is InChI=1S/C30H28O7/c1-4-19-15-22-25(17-24(19)37-29(30(32)33-5-2)20-9-7-6-8-10-20)36-18(3)27(28(22)31)21-11-12-23-26(16-21)35-14-13-34-23/h6-12,15-17,29H,4-5,13-14H2,1-3H3. The first kappa shape index (κ1) is 24.4. The fraction of sp³-hybridized carbons (Fsp3) is 0.267. The summed E-state index contributed by atoms with van der Waals surface area (Å²) in [6.45, 7) is 6.67. The van der Waals surface area contributed by atoms with E-state index >= 15 is 0 Å². The predicted octanol–water partition coefficient (Wildman–Crippen LogP) is 5.79. The van der Waals surface area contributed by atoms with E-state index in [0.717, 1.165) is 5.56 Å². The Morgan fingerprint density at radius 1 is 0.973 bits per heavy atom. The second-order valence-electron chi connectivity index (χ2n) is 8.69. The van der Waals surface area contributed by atoms with E-state index in [1.807, 2.05) is 49.4 Å². The van der Waals surface area contributed by atoms with Crippen molar-refractivity contribution < 1.29 is 28.2 Å². The minimum absolute atomic E-state index is 0.151. The van der Waals surface area contributed by atoms with Gasteiger partial charge in [-0.25, -0.2) is 4.79 Å². The molecule has 37 heavy (non-hydrogen) atoms. The van der Waals surface area contributed by atoms with E-state index in [4.69, 9.17) is 23.4 Å². The first-order chi connectivity index (χ1) is 18.0. The number of fused-ring (bicyclic) bond motifs is 2. The third-order valence-corrected chi connectivity index (χ3v) is 6.31. The maximum atomic E-state index is 13.7. The molecule has 0 bridgehead atoms. The van der Waals surface area contributed by atoms with Crippen molar-refractivity contribution in [3.8, 4) is 28.4 Å². The SMILES string of the molecule is CCOC(=O)C(Oc1cc2oc(C)c(-c3ccc4c(c3)OCCO4)c(=O)c2cc1CC)c1ccccc1. The minimum Gasteiger partial charge on any atom is -0.486 e. The zero-order chi connectivity index (χ0) is 25.9. The Morgan fingerprint density at radius 2 is 1.73 bits per heavy atom. The maximum absolute atomic E-state index is 13.7. The summed E-state index contributed by atoms with van der Waals surface area (Å²) in [6.07, 6.45) is -0.365. The molecule has 1 unspecified atom stereocenters. The van der Waals surface area contributed by atoms with Crippen molar-refractivity contribution in [3.05, 3.63) is 87.8 Å². The van der Waals surface area contributed by atoms with Gasteiger partial charge in [0.2, 0.25) is 11.5 Å². The van der Waals surface area contributed by atoms with Crippen LogP contribution >= 0.6 is 0 Å². The van der Waals surface area contributed by atoms with Crippen LogP contribution in [0.2, 0.25) is 0 Å². The molecule has 1 aromatic heterocycles. The predicted molar refractivity (Wildman–Crippen MR) is 139 cm³/mol. The van der Waals surface area contributed by atoms with Crippen molar-refractivity contribution in [1.29, 1.82) is 0 Å². The van der Waals surface area contributed by atoms with Gasteiger partial charge in [-0.3, -0.25) is 4.79 Å². The van der Waals surface area contributed by atoms with Gasteiger partial charge in [0.05, 0.1) is 17.6 Å². The summed E-state index contributed by atoms with van der Waals surface area (Å²) in [6, 6.07) is 18.1. The number of carbonyl (C=O) groups excluding carboxylic acids is 1. The van der Waals surface area contributed by atoms with Crippen LogP contribution in [-0.4, -0.2) is 25.8 Å². The van der Waals surface area contributed by atoms with Crippen LogP contribution in [0.15, 0.2) is 69.9 Å². The molecule has 2 heterocycles. The Balaban J connectivity index is 1.59. The lowest BCUT2D eigenvalue weighted by molar-refractivity contribution is -0.151. The molecule has 1 aliphatic rings. The van der Waals surface area contributed by atoms with Gasteiger partial charge in [-0.1, -0.05) is 43.3 Å². The number of benzene rings is 3. The Morgan fingerprint density at radius 3 is 2.46 bits per heavy atom. The van der Waals surface area contributed by atoms with Crippen LogP contribution < -0.4 is 19.6 Å². The van der Waals surface area contributed by atoms with E-state index in [2.05, 4.69) is 0 Å². The summed E-state index contributed by atoms with van der Waals surface area (Å²) in [5, 5.41) is 0.437. The van der Waals surface area contributed by atoms with Gasteiger partial charge in [-0.05, 0) is 49.6 Å². The van der Waals surface area contributed by atoms with Gasteiger partial charge < -0.3 is 23.4 Å². The Hall–Kier alpha value is -4.26. The number of hydrogen-bond donors (Lipinski definition) is 0. The van der Waals surface area contributed by atoms with Crippen molar-refractivity contribution in [2.75, 3.05) is 19.8 Å². The molecule has 0 spiro atoms. The molecule has 5 rings (SSSR count). The normalized spacial score (nSPS) is 13.3. The lowest BCUT2D eigenvalue weighted by Crippen LogP contribution is -2.22. The van der Waals surface area contributed by atoms with Crippen LogP contribution in [0.25, 0.3) is 22.1 Å². The summed E-state index contributed by atoms with van der Waals surface area (Å²) < 4.78 is 29.0. The highest BCUT2D eigenvalue weighted by Gasteiger charge is 2.26. The average Bonchev–Trinajstić information content (AvgIpc) is 2.92.